The van der Waals surface area contributed by atoms with E-state index in [4.69, 9.17) is 5.21 Å². The molecule has 0 unspecified atom stereocenters. The lowest BCUT2D eigenvalue weighted by Gasteiger charge is -2.21. The Kier molecular flexibility index (Phi) is 6.82. The largest absolute Gasteiger partial charge is 0.317 e. The van der Waals surface area contributed by atoms with Crippen LogP contribution in [0.2, 0.25) is 0 Å². The first-order valence-electron chi connectivity index (χ1n) is 7.95. The molecule has 20 heavy (non-hydrogen) atoms. The van der Waals surface area contributed by atoms with Crippen LogP contribution >= 0.6 is 0 Å². The van der Waals surface area contributed by atoms with Gasteiger partial charge in [0.15, 0.2) is 0 Å². The summed E-state index contributed by atoms with van der Waals surface area (Å²) in [5.74, 6) is 2.09. The molecule has 0 radical (unpaired) electrons. The number of unbranched alkanes of at least 4 members (excludes halogenated alkanes) is 2. The van der Waals surface area contributed by atoms with Crippen LogP contribution < -0.4 is 5.48 Å². The molecule has 0 heterocycles. The minimum absolute atomic E-state index is 0.647. The molecule has 0 spiro atoms. The molecule has 0 fully saturated rings. The maximum absolute atomic E-state index is 8.57. The quantitative estimate of drug-likeness (QED) is 0.456. The van der Waals surface area contributed by atoms with Crippen molar-refractivity contribution in [2.75, 3.05) is 6.54 Å². The van der Waals surface area contributed by atoms with Gasteiger partial charge in [0.1, 0.15) is 0 Å². The standard InChI is InChI=1S/C18H27NO/c20-19-13-7-1-2-12-18(14-16-8-3-4-9-16)15-17-10-5-6-11-17/h3-6,8-11,16-20H,1-2,7,12-15H2. The summed E-state index contributed by atoms with van der Waals surface area (Å²) < 4.78 is 0. The van der Waals surface area contributed by atoms with Crippen molar-refractivity contribution in [3.63, 3.8) is 0 Å². The van der Waals surface area contributed by atoms with E-state index < -0.39 is 0 Å². The molecule has 0 saturated carbocycles. The van der Waals surface area contributed by atoms with E-state index in [1.807, 2.05) is 0 Å². The lowest BCUT2D eigenvalue weighted by molar-refractivity contribution is 0.164. The number of hydroxylamine groups is 1. The molecule has 2 heteroatoms. The molecule has 2 nitrogen and oxygen atoms in total. The fourth-order valence-electron chi connectivity index (χ4n) is 3.19. The van der Waals surface area contributed by atoms with Crippen LogP contribution in [0, 0.1) is 17.8 Å². The summed E-state index contributed by atoms with van der Waals surface area (Å²) in [6.45, 7) is 0.715. The Morgan fingerprint density at radius 1 is 0.800 bits per heavy atom. The summed E-state index contributed by atoms with van der Waals surface area (Å²) in [6, 6.07) is 0. The summed E-state index contributed by atoms with van der Waals surface area (Å²) in [7, 11) is 0. The average molecular weight is 273 g/mol. The van der Waals surface area contributed by atoms with Crippen molar-refractivity contribution in [3.05, 3.63) is 48.6 Å². The molecule has 0 aromatic heterocycles. The van der Waals surface area contributed by atoms with Crippen LogP contribution in [0.5, 0.6) is 0 Å². The van der Waals surface area contributed by atoms with Crippen molar-refractivity contribution in [2.24, 2.45) is 17.8 Å². The third kappa shape index (κ3) is 5.48. The monoisotopic (exact) mass is 273 g/mol. The van der Waals surface area contributed by atoms with Gasteiger partial charge in [-0.05, 0) is 37.0 Å². The Bertz CT molecular complexity index is 327. The van der Waals surface area contributed by atoms with Crippen LogP contribution in [-0.2, 0) is 0 Å². The van der Waals surface area contributed by atoms with Crippen LogP contribution in [0.4, 0.5) is 0 Å². The molecule has 0 aliphatic heterocycles. The molecule has 2 rings (SSSR count). The van der Waals surface area contributed by atoms with Crippen molar-refractivity contribution in [1.29, 1.82) is 0 Å². The zero-order valence-corrected chi connectivity index (χ0v) is 12.2. The fraction of sp³-hybridized carbons (Fsp3) is 0.556. The van der Waals surface area contributed by atoms with Gasteiger partial charge in [-0.25, -0.2) is 5.48 Å². The van der Waals surface area contributed by atoms with Gasteiger partial charge in [-0.3, -0.25) is 0 Å². The van der Waals surface area contributed by atoms with Crippen LogP contribution in [0.1, 0.15) is 38.5 Å². The predicted molar refractivity (Wildman–Crippen MR) is 84.5 cm³/mol. The number of rotatable bonds is 10. The Balaban J connectivity index is 1.73. The fourth-order valence-corrected chi connectivity index (χ4v) is 3.19. The molecule has 0 bridgehead atoms. The van der Waals surface area contributed by atoms with Crippen molar-refractivity contribution in [2.45, 2.75) is 38.5 Å². The third-order valence-corrected chi connectivity index (χ3v) is 4.27. The van der Waals surface area contributed by atoms with Crippen molar-refractivity contribution < 1.29 is 5.21 Å². The van der Waals surface area contributed by atoms with E-state index >= 15 is 0 Å². The number of allylic oxidation sites excluding steroid dienone is 8. The van der Waals surface area contributed by atoms with E-state index in [-0.39, 0.29) is 0 Å². The molecule has 2 aliphatic carbocycles. The zero-order valence-electron chi connectivity index (χ0n) is 12.2. The molecule has 2 aliphatic rings. The number of hydrogen-bond acceptors (Lipinski definition) is 2. The minimum Gasteiger partial charge on any atom is -0.317 e. The maximum Gasteiger partial charge on any atom is 0.0207 e. The molecule has 0 aromatic carbocycles. The number of nitrogens with one attached hydrogen (secondary N) is 1. The topological polar surface area (TPSA) is 32.3 Å². The Labute approximate surface area is 122 Å². The first-order valence-corrected chi connectivity index (χ1v) is 7.95. The van der Waals surface area contributed by atoms with Gasteiger partial charge < -0.3 is 5.21 Å². The predicted octanol–water partition coefficient (Wildman–Crippen LogP) is 4.41. The van der Waals surface area contributed by atoms with Gasteiger partial charge in [-0.15, -0.1) is 0 Å². The molecule has 2 N–H and O–H groups in total. The second kappa shape index (κ2) is 8.93. The van der Waals surface area contributed by atoms with E-state index in [0.717, 1.165) is 12.3 Å². The minimum atomic E-state index is 0.647. The van der Waals surface area contributed by atoms with Gasteiger partial charge >= 0.3 is 0 Å². The van der Waals surface area contributed by atoms with Gasteiger partial charge in [0.2, 0.25) is 0 Å². The van der Waals surface area contributed by atoms with E-state index in [2.05, 4.69) is 54.1 Å². The summed E-state index contributed by atoms with van der Waals surface area (Å²) in [6.07, 6.45) is 25.4. The molecule has 0 atom stereocenters. The SMILES string of the molecule is ONCCCCCC(CC1C=CC=C1)CC1C=CC=C1. The first kappa shape index (κ1) is 15.3. The second-order valence-corrected chi connectivity index (χ2v) is 5.96. The summed E-state index contributed by atoms with van der Waals surface area (Å²) in [5, 5.41) is 8.57. The van der Waals surface area contributed by atoms with Crippen LogP contribution in [0.15, 0.2) is 48.6 Å². The molecule has 0 amide bonds. The lowest BCUT2D eigenvalue weighted by Crippen LogP contribution is -2.11. The molecule has 110 valence electrons. The van der Waals surface area contributed by atoms with E-state index in [1.54, 1.807) is 0 Å². The smallest absolute Gasteiger partial charge is 0.0207 e. The molecular weight excluding hydrogens is 246 g/mol. The molecule has 0 aromatic rings. The second-order valence-electron chi connectivity index (χ2n) is 5.96. The van der Waals surface area contributed by atoms with Crippen molar-refractivity contribution in [1.82, 2.24) is 5.48 Å². The van der Waals surface area contributed by atoms with Gasteiger partial charge in [-0.2, -0.15) is 0 Å². The highest BCUT2D eigenvalue weighted by Gasteiger charge is 2.17. The highest BCUT2D eigenvalue weighted by atomic mass is 16.5. The zero-order chi connectivity index (χ0) is 14.0. The summed E-state index contributed by atoms with van der Waals surface area (Å²) in [5.41, 5.74) is 2.24. The lowest BCUT2D eigenvalue weighted by atomic mass is 9.84. The Hall–Kier alpha value is -1.12. The van der Waals surface area contributed by atoms with Crippen molar-refractivity contribution >= 4 is 0 Å². The van der Waals surface area contributed by atoms with E-state index in [1.165, 1.54) is 32.1 Å². The van der Waals surface area contributed by atoms with Gasteiger partial charge in [0.05, 0.1) is 0 Å². The maximum atomic E-state index is 8.57. The Morgan fingerprint density at radius 3 is 1.85 bits per heavy atom. The van der Waals surface area contributed by atoms with E-state index in [9.17, 15) is 0 Å². The van der Waals surface area contributed by atoms with E-state index in [0.29, 0.717) is 18.4 Å². The first-order chi connectivity index (χ1) is 9.88. The number of hydrogen-bond donors (Lipinski definition) is 2. The van der Waals surface area contributed by atoms with Crippen LogP contribution in [0.25, 0.3) is 0 Å². The normalized spacial score (nSPS) is 18.1. The Morgan fingerprint density at radius 2 is 1.35 bits per heavy atom. The van der Waals surface area contributed by atoms with Gasteiger partial charge in [0, 0.05) is 6.54 Å². The van der Waals surface area contributed by atoms with Crippen molar-refractivity contribution in [3.8, 4) is 0 Å². The van der Waals surface area contributed by atoms with Gasteiger partial charge in [0.25, 0.3) is 0 Å². The van der Waals surface area contributed by atoms with Crippen LogP contribution in [0.3, 0.4) is 0 Å². The highest BCUT2D eigenvalue weighted by molar-refractivity contribution is 5.19. The van der Waals surface area contributed by atoms with Gasteiger partial charge in [-0.1, -0.05) is 67.9 Å². The summed E-state index contributed by atoms with van der Waals surface area (Å²) >= 11 is 0. The third-order valence-electron chi connectivity index (χ3n) is 4.27. The molecule has 0 saturated heterocycles. The highest BCUT2D eigenvalue weighted by Crippen LogP contribution is 2.30. The van der Waals surface area contributed by atoms with Crippen LogP contribution in [-0.4, -0.2) is 11.8 Å². The summed E-state index contributed by atoms with van der Waals surface area (Å²) in [4.78, 5) is 0. The molecular formula is C18H27NO. The average Bonchev–Trinajstić information content (AvgIpc) is 3.12.